The van der Waals surface area contributed by atoms with Crippen molar-refractivity contribution in [1.82, 2.24) is 9.97 Å². The largest absolute Gasteiger partial charge is 0.369 e. The summed E-state index contributed by atoms with van der Waals surface area (Å²) < 4.78 is 1.10. The highest BCUT2D eigenvalue weighted by Gasteiger charge is 2.11. The van der Waals surface area contributed by atoms with Crippen LogP contribution in [-0.2, 0) is 0 Å². The first-order chi connectivity index (χ1) is 8.11. The lowest BCUT2D eigenvalue weighted by Gasteiger charge is -2.09. The summed E-state index contributed by atoms with van der Waals surface area (Å²) in [6.07, 6.45) is 0. The Hall–Kier alpha value is -0.690. The minimum Gasteiger partial charge on any atom is -0.369 e. The highest BCUT2D eigenvalue weighted by atomic mass is 127. The van der Waals surface area contributed by atoms with Crippen molar-refractivity contribution in [3.05, 3.63) is 26.3 Å². The zero-order valence-electron chi connectivity index (χ0n) is 10.0. The third-order valence-corrected chi connectivity index (χ3v) is 4.61. The number of rotatable bonds is 3. The van der Waals surface area contributed by atoms with Crippen molar-refractivity contribution in [3.63, 3.8) is 0 Å². The van der Waals surface area contributed by atoms with Crippen LogP contribution >= 0.6 is 33.9 Å². The molecular formula is C12H14IN3S. The molecule has 2 rings (SSSR count). The monoisotopic (exact) mass is 359 g/mol. The van der Waals surface area contributed by atoms with Crippen LogP contribution in [0.4, 0.5) is 5.82 Å². The summed E-state index contributed by atoms with van der Waals surface area (Å²) in [6.45, 7) is 7.06. The number of aryl methyl sites for hydroxylation is 2. The fourth-order valence-corrected chi connectivity index (χ4v) is 2.74. The molecule has 0 radical (unpaired) electrons. The first kappa shape index (κ1) is 12.8. The quantitative estimate of drug-likeness (QED) is 0.846. The fourth-order valence-electron chi connectivity index (χ4n) is 1.51. The second kappa shape index (κ2) is 5.30. The molecule has 0 spiro atoms. The van der Waals surface area contributed by atoms with E-state index in [9.17, 15) is 0 Å². The summed E-state index contributed by atoms with van der Waals surface area (Å²) in [5.74, 6) is 1.75. The molecule has 17 heavy (non-hydrogen) atoms. The molecule has 0 saturated heterocycles. The molecule has 0 bridgehead atoms. The van der Waals surface area contributed by atoms with Gasteiger partial charge in [-0.05, 0) is 55.5 Å². The molecule has 3 nitrogen and oxygen atoms in total. The van der Waals surface area contributed by atoms with Crippen LogP contribution in [0.1, 0.15) is 17.5 Å². The van der Waals surface area contributed by atoms with Gasteiger partial charge >= 0.3 is 0 Å². The van der Waals surface area contributed by atoms with Crippen LogP contribution in [0.2, 0.25) is 0 Å². The summed E-state index contributed by atoms with van der Waals surface area (Å²) in [5.41, 5.74) is 1.03. The molecule has 0 atom stereocenters. The summed E-state index contributed by atoms with van der Waals surface area (Å²) in [7, 11) is 0. The Labute approximate surface area is 119 Å². The van der Waals surface area contributed by atoms with E-state index in [0.29, 0.717) is 0 Å². The average molecular weight is 359 g/mol. The molecule has 2 aromatic rings. The highest BCUT2D eigenvalue weighted by molar-refractivity contribution is 14.1. The molecule has 0 aromatic carbocycles. The van der Waals surface area contributed by atoms with Gasteiger partial charge in [0.15, 0.2) is 5.82 Å². The predicted octanol–water partition coefficient (Wildman–Crippen LogP) is 3.86. The summed E-state index contributed by atoms with van der Waals surface area (Å²) in [5, 5.41) is 3.28. The smallest absolute Gasteiger partial charge is 0.171 e. The van der Waals surface area contributed by atoms with Gasteiger partial charge in [-0.1, -0.05) is 0 Å². The van der Waals surface area contributed by atoms with Gasteiger partial charge < -0.3 is 5.32 Å². The first-order valence-corrected chi connectivity index (χ1v) is 7.36. The molecule has 0 saturated carbocycles. The van der Waals surface area contributed by atoms with E-state index in [4.69, 9.17) is 0 Å². The second-order valence-corrected chi connectivity index (χ2v) is 6.10. The predicted molar refractivity (Wildman–Crippen MR) is 81.7 cm³/mol. The highest BCUT2D eigenvalue weighted by Crippen LogP contribution is 2.28. The van der Waals surface area contributed by atoms with Crippen molar-refractivity contribution in [2.24, 2.45) is 0 Å². The first-order valence-electron chi connectivity index (χ1n) is 5.46. The van der Waals surface area contributed by atoms with Gasteiger partial charge in [0, 0.05) is 11.4 Å². The molecule has 0 fully saturated rings. The molecule has 2 aromatic heterocycles. The number of thiophene rings is 1. The van der Waals surface area contributed by atoms with Crippen molar-refractivity contribution in [2.75, 3.05) is 11.9 Å². The fraction of sp³-hybridized carbons (Fsp3) is 0.333. The van der Waals surface area contributed by atoms with Crippen LogP contribution in [0.25, 0.3) is 10.7 Å². The van der Waals surface area contributed by atoms with Gasteiger partial charge in [0.2, 0.25) is 0 Å². The van der Waals surface area contributed by atoms with E-state index in [-0.39, 0.29) is 0 Å². The third kappa shape index (κ3) is 2.77. The van der Waals surface area contributed by atoms with Gasteiger partial charge in [0.05, 0.1) is 14.1 Å². The standard InChI is InChI=1S/C12H14IN3S/c1-4-14-12-10(13)8(3)15-11(16-12)9-6-5-7(2)17-9/h5-6H,4H2,1-3H3,(H,14,15,16). The van der Waals surface area contributed by atoms with Crippen molar-refractivity contribution in [1.29, 1.82) is 0 Å². The van der Waals surface area contributed by atoms with E-state index in [1.54, 1.807) is 11.3 Å². The Morgan fingerprint density at radius 1 is 1.29 bits per heavy atom. The number of hydrogen-bond acceptors (Lipinski definition) is 4. The molecule has 0 aliphatic heterocycles. The van der Waals surface area contributed by atoms with Crippen LogP contribution in [0.5, 0.6) is 0 Å². The SMILES string of the molecule is CCNc1nc(-c2ccc(C)s2)nc(C)c1I. The molecule has 0 amide bonds. The Kier molecular flexibility index (Phi) is 3.98. The van der Waals surface area contributed by atoms with Gasteiger partial charge in [0.1, 0.15) is 5.82 Å². The lowest BCUT2D eigenvalue weighted by atomic mass is 10.3. The summed E-state index contributed by atoms with van der Waals surface area (Å²) in [6, 6.07) is 4.18. The van der Waals surface area contributed by atoms with Gasteiger partial charge in [-0.15, -0.1) is 11.3 Å². The minimum absolute atomic E-state index is 0.817. The maximum absolute atomic E-state index is 4.59. The van der Waals surface area contributed by atoms with Crippen LogP contribution in [0.3, 0.4) is 0 Å². The summed E-state index contributed by atoms with van der Waals surface area (Å²) >= 11 is 4.01. The van der Waals surface area contributed by atoms with Gasteiger partial charge in [-0.25, -0.2) is 9.97 Å². The number of hydrogen-bond donors (Lipinski definition) is 1. The third-order valence-electron chi connectivity index (χ3n) is 2.32. The average Bonchev–Trinajstić information content (AvgIpc) is 2.71. The van der Waals surface area contributed by atoms with Crippen LogP contribution in [-0.4, -0.2) is 16.5 Å². The minimum atomic E-state index is 0.817. The zero-order valence-corrected chi connectivity index (χ0v) is 13.0. The second-order valence-electron chi connectivity index (χ2n) is 3.74. The zero-order chi connectivity index (χ0) is 12.4. The van der Waals surface area contributed by atoms with Crippen molar-refractivity contribution in [2.45, 2.75) is 20.8 Å². The number of nitrogens with zero attached hydrogens (tertiary/aromatic N) is 2. The van der Waals surface area contributed by atoms with E-state index in [2.05, 4.69) is 63.9 Å². The normalized spacial score (nSPS) is 10.6. The molecule has 0 unspecified atom stereocenters. The number of anilines is 1. The maximum Gasteiger partial charge on any atom is 0.171 e. The molecule has 0 aliphatic rings. The van der Waals surface area contributed by atoms with Gasteiger partial charge in [0.25, 0.3) is 0 Å². The van der Waals surface area contributed by atoms with Crippen LogP contribution < -0.4 is 5.32 Å². The van der Waals surface area contributed by atoms with Crippen LogP contribution in [0, 0.1) is 17.4 Å². The summed E-state index contributed by atoms with van der Waals surface area (Å²) in [4.78, 5) is 11.5. The van der Waals surface area contributed by atoms with E-state index in [1.807, 2.05) is 6.92 Å². The van der Waals surface area contributed by atoms with Gasteiger partial charge in [-0.3, -0.25) is 0 Å². The van der Waals surface area contributed by atoms with Crippen molar-refractivity contribution < 1.29 is 0 Å². The lowest BCUT2D eigenvalue weighted by Crippen LogP contribution is -2.05. The van der Waals surface area contributed by atoms with Crippen LogP contribution in [0.15, 0.2) is 12.1 Å². The number of halogens is 1. The Morgan fingerprint density at radius 3 is 2.65 bits per heavy atom. The van der Waals surface area contributed by atoms with E-state index < -0.39 is 0 Å². The topological polar surface area (TPSA) is 37.8 Å². The molecule has 1 N–H and O–H groups in total. The molecule has 2 heterocycles. The van der Waals surface area contributed by atoms with E-state index >= 15 is 0 Å². The molecule has 5 heteroatoms. The molecule has 90 valence electrons. The number of aromatic nitrogens is 2. The van der Waals surface area contributed by atoms with Crippen molar-refractivity contribution in [3.8, 4) is 10.7 Å². The molecular weight excluding hydrogens is 345 g/mol. The Balaban J connectivity index is 2.48. The Bertz CT molecular complexity index is 537. The van der Waals surface area contributed by atoms with E-state index in [0.717, 1.165) is 32.3 Å². The van der Waals surface area contributed by atoms with E-state index in [1.165, 1.54) is 4.88 Å². The number of nitrogens with one attached hydrogen (secondary N) is 1. The lowest BCUT2D eigenvalue weighted by molar-refractivity contribution is 1.07. The maximum atomic E-state index is 4.59. The molecule has 0 aliphatic carbocycles. The Morgan fingerprint density at radius 2 is 2.06 bits per heavy atom. The van der Waals surface area contributed by atoms with Crippen molar-refractivity contribution >= 4 is 39.7 Å². The van der Waals surface area contributed by atoms with Gasteiger partial charge in [-0.2, -0.15) is 0 Å².